The zero-order valence-corrected chi connectivity index (χ0v) is 11.5. The van der Waals surface area contributed by atoms with Crippen LogP contribution in [0.15, 0.2) is 12.1 Å². The zero-order valence-electron chi connectivity index (χ0n) is 9.92. The molecular formula is C13H14BrNO2. The topological polar surface area (TPSA) is 37.4 Å². The van der Waals surface area contributed by atoms with Gasteiger partial charge in [-0.25, -0.2) is 0 Å². The Morgan fingerprint density at radius 1 is 1.24 bits per heavy atom. The Kier molecular flexibility index (Phi) is 3.33. The monoisotopic (exact) mass is 295 g/mol. The smallest absolute Gasteiger partial charge is 0.299 e. The second-order valence-electron chi connectivity index (χ2n) is 4.23. The molecule has 90 valence electrons. The summed E-state index contributed by atoms with van der Waals surface area (Å²) >= 11 is 3.34. The fourth-order valence-electron chi connectivity index (χ4n) is 2.10. The SMILES string of the molecule is Cc1ccc2c(c1C)N(CCCBr)C(=O)C2=O. The van der Waals surface area contributed by atoms with Gasteiger partial charge in [0.2, 0.25) is 0 Å². The molecule has 0 N–H and O–H groups in total. The summed E-state index contributed by atoms with van der Waals surface area (Å²) < 4.78 is 0. The molecule has 0 saturated heterocycles. The Balaban J connectivity index is 2.50. The lowest BCUT2D eigenvalue weighted by Crippen LogP contribution is -2.31. The number of anilines is 1. The lowest BCUT2D eigenvalue weighted by Gasteiger charge is -2.18. The van der Waals surface area contributed by atoms with Gasteiger partial charge < -0.3 is 4.90 Å². The van der Waals surface area contributed by atoms with E-state index in [0.717, 1.165) is 28.6 Å². The fourth-order valence-corrected chi connectivity index (χ4v) is 2.35. The Labute approximate surface area is 109 Å². The van der Waals surface area contributed by atoms with Crippen molar-refractivity contribution < 1.29 is 9.59 Å². The average molecular weight is 296 g/mol. The Bertz CT molecular complexity index is 496. The van der Waals surface area contributed by atoms with Crippen LogP contribution in [0.3, 0.4) is 0 Å². The van der Waals surface area contributed by atoms with Crippen molar-refractivity contribution in [1.82, 2.24) is 0 Å². The standard InChI is InChI=1S/C13H14BrNO2/c1-8-4-5-10-11(9(8)2)15(7-3-6-14)13(17)12(10)16/h4-5H,3,6-7H2,1-2H3. The molecule has 0 atom stereocenters. The van der Waals surface area contributed by atoms with Crippen LogP contribution in [-0.2, 0) is 4.79 Å². The average Bonchev–Trinajstić information content (AvgIpc) is 2.56. The van der Waals surface area contributed by atoms with Crippen LogP contribution in [0.5, 0.6) is 0 Å². The highest BCUT2D eigenvalue weighted by Gasteiger charge is 2.36. The zero-order chi connectivity index (χ0) is 12.6. The minimum Gasteiger partial charge on any atom is -0.304 e. The van der Waals surface area contributed by atoms with Crippen molar-refractivity contribution in [1.29, 1.82) is 0 Å². The number of halogens is 1. The van der Waals surface area contributed by atoms with Gasteiger partial charge in [0.1, 0.15) is 0 Å². The van der Waals surface area contributed by atoms with Crippen LogP contribution < -0.4 is 4.90 Å². The van der Waals surface area contributed by atoms with Crippen LogP contribution in [0, 0.1) is 13.8 Å². The molecule has 0 spiro atoms. The van der Waals surface area contributed by atoms with E-state index in [4.69, 9.17) is 0 Å². The molecule has 0 aromatic heterocycles. The number of carbonyl (C=O) groups is 2. The Morgan fingerprint density at radius 2 is 1.94 bits per heavy atom. The van der Waals surface area contributed by atoms with Crippen LogP contribution in [0.1, 0.15) is 27.9 Å². The molecule has 1 aliphatic heterocycles. The first-order chi connectivity index (χ1) is 8.07. The summed E-state index contributed by atoms with van der Waals surface area (Å²) in [7, 11) is 0. The van der Waals surface area contributed by atoms with E-state index in [0.29, 0.717) is 12.1 Å². The van der Waals surface area contributed by atoms with Gasteiger partial charge in [0, 0.05) is 11.9 Å². The van der Waals surface area contributed by atoms with E-state index in [9.17, 15) is 9.59 Å². The lowest BCUT2D eigenvalue weighted by molar-refractivity contribution is -0.114. The summed E-state index contributed by atoms with van der Waals surface area (Å²) in [6, 6.07) is 3.65. The number of carbonyl (C=O) groups excluding carboxylic acids is 2. The highest BCUT2D eigenvalue weighted by molar-refractivity contribution is 9.09. The van der Waals surface area contributed by atoms with Gasteiger partial charge in [-0.2, -0.15) is 0 Å². The number of nitrogens with zero attached hydrogens (tertiary/aromatic N) is 1. The number of Topliss-reactive ketones (excluding diaryl/α,β-unsaturated/α-hetero) is 1. The Hall–Kier alpha value is -1.16. The van der Waals surface area contributed by atoms with Crippen molar-refractivity contribution in [3.8, 4) is 0 Å². The number of fused-ring (bicyclic) bond motifs is 1. The maximum atomic E-state index is 11.9. The van der Waals surface area contributed by atoms with Gasteiger partial charge in [0.15, 0.2) is 0 Å². The second-order valence-corrected chi connectivity index (χ2v) is 5.03. The highest BCUT2D eigenvalue weighted by atomic mass is 79.9. The number of hydrogen-bond donors (Lipinski definition) is 0. The molecule has 2 rings (SSSR count). The highest BCUT2D eigenvalue weighted by Crippen LogP contribution is 2.34. The van der Waals surface area contributed by atoms with E-state index in [-0.39, 0.29) is 5.78 Å². The second kappa shape index (κ2) is 4.61. The summed E-state index contributed by atoms with van der Waals surface area (Å²) in [4.78, 5) is 25.3. The number of alkyl halides is 1. The molecule has 1 aliphatic rings. The number of benzene rings is 1. The first kappa shape index (κ1) is 12.3. The molecule has 1 aromatic carbocycles. The first-order valence-electron chi connectivity index (χ1n) is 5.60. The van der Waals surface area contributed by atoms with Crippen molar-refractivity contribution in [2.45, 2.75) is 20.3 Å². The molecule has 0 aliphatic carbocycles. The summed E-state index contributed by atoms with van der Waals surface area (Å²) in [5.41, 5.74) is 3.49. The predicted molar refractivity (Wildman–Crippen MR) is 71.0 cm³/mol. The van der Waals surface area contributed by atoms with Gasteiger partial charge in [-0.3, -0.25) is 9.59 Å². The van der Waals surface area contributed by atoms with Crippen LogP contribution >= 0.6 is 15.9 Å². The summed E-state index contributed by atoms with van der Waals surface area (Å²) in [6.07, 6.45) is 0.839. The third-order valence-electron chi connectivity index (χ3n) is 3.17. The molecule has 0 bridgehead atoms. The number of amides is 1. The predicted octanol–water partition coefficient (Wildman–Crippen LogP) is 2.62. The molecule has 1 aromatic rings. The number of hydrogen-bond acceptors (Lipinski definition) is 2. The number of rotatable bonds is 3. The van der Waals surface area contributed by atoms with Crippen LogP contribution in [0.25, 0.3) is 0 Å². The van der Waals surface area contributed by atoms with Crippen molar-refractivity contribution >= 4 is 33.3 Å². The van der Waals surface area contributed by atoms with Gasteiger partial charge in [-0.15, -0.1) is 0 Å². The van der Waals surface area contributed by atoms with Gasteiger partial charge in [0.05, 0.1) is 11.3 Å². The van der Waals surface area contributed by atoms with E-state index in [1.807, 2.05) is 19.9 Å². The van der Waals surface area contributed by atoms with Crippen molar-refractivity contribution in [2.24, 2.45) is 0 Å². The van der Waals surface area contributed by atoms with Crippen LogP contribution in [0.2, 0.25) is 0 Å². The first-order valence-corrected chi connectivity index (χ1v) is 6.72. The fraction of sp³-hybridized carbons (Fsp3) is 0.385. The summed E-state index contributed by atoms with van der Waals surface area (Å²) in [6.45, 7) is 4.54. The summed E-state index contributed by atoms with van der Waals surface area (Å²) in [5, 5.41) is 0.825. The minimum absolute atomic E-state index is 0.377. The molecule has 1 amide bonds. The van der Waals surface area contributed by atoms with E-state index < -0.39 is 5.91 Å². The van der Waals surface area contributed by atoms with Gasteiger partial charge in [0.25, 0.3) is 11.7 Å². The van der Waals surface area contributed by atoms with Crippen molar-refractivity contribution in [2.75, 3.05) is 16.8 Å². The van der Waals surface area contributed by atoms with E-state index in [1.54, 1.807) is 11.0 Å². The quantitative estimate of drug-likeness (QED) is 0.635. The van der Waals surface area contributed by atoms with E-state index in [2.05, 4.69) is 15.9 Å². The molecule has 0 unspecified atom stereocenters. The molecule has 0 fully saturated rings. The van der Waals surface area contributed by atoms with E-state index in [1.165, 1.54) is 0 Å². The van der Waals surface area contributed by atoms with Crippen LogP contribution in [0.4, 0.5) is 5.69 Å². The molecule has 17 heavy (non-hydrogen) atoms. The number of ketones is 1. The van der Waals surface area contributed by atoms with Crippen molar-refractivity contribution in [3.63, 3.8) is 0 Å². The molecule has 1 heterocycles. The maximum absolute atomic E-state index is 11.9. The van der Waals surface area contributed by atoms with Crippen molar-refractivity contribution in [3.05, 3.63) is 28.8 Å². The maximum Gasteiger partial charge on any atom is 0.299 e. The minimum atomic E-state index is -0.394. The molecule has 4 heteroatoms. The van der Waals surface area contributed by atoms with Gasteiger partial charge >= 0.3 is 0 Å². The van der Waals surface area contributed by atoms with E-state index >= 15 is 0 Å². The molecule has 0 saturated carbocycles. The lowest BCUT2D eigenvalue weighted by atomic mass is 10.0. The molecule has 0 radical (unpaired) electrons. The largest absolute Gasteiger partial charge is 0.304 e. The van der Waals surface area contributed by atoms with Gasteiger partial charge in [-0.1, -0.05) is 22.0 Å². The normalized spacial score (nSPS) is 14.4. The van der Waals surface area contributed by atoms with Crippen LogP contribution in [-0.4, -0.2) is 23.6 Å². The third kappa shape index (κ3) is 1.90. The number of aryl methyl sites for hydroxylation is 1. The molecule has 3 nitrogen and oxygen atoms in total. The van der Waals surface area contributed by atoms with Gasteiger partial charge in [-0.05, 0) is 37.5 Å². The third-order valence-corrected chi connectivity index (χ3v) is 3.73. The summed E-state index contributed by atoms with van der Waals surface area (Å²) in [5.74, 6) is -0.771. The Morgan fingerprint density at radius 3 is 2.59 bits per heavy atom. The molecular weight excluding hydrogens is 282 g/mol.